The monoisotopic (exact) mass is 418 g/mol. The van der Waals surface area contributed by atoms with Crippen LogP contribution in [0.15, 0.2) is 39.9 Å². The van der Waals surface area contributed by atoms with Crippen molar-refractivity contribution >= 4 is 44.3 Å². The maximum Gasteiger partial charge on any atom is 0.285 e. The number of aromatic nitrogens is 2. The van der Waals surface area contributed by atoms with Crippen molar-refractivity contribution in [1.82, 2.24) is 9.47 Å². The van der Waals surface area contributed by atoms with Gasteiger partial charge < -0.3 is 4.90 Å². The van der Waals surface area contributed by atoms with Crippen LogP contribution in [0.5, 0.6) is 0 Å². The molecule has 0 bridgehead atoms. The second kappa shape index (κ2) is 7.20. The zero-order chi connectivity index (χ0) is 17.4. The van der Waals surface area contributed by atoms with Gasteiger partial charge in [0.1, 0.15) is 0 Å². The van der Waals surface area contributed by atoms with Crippen LogP contribution in [-0.2, 0) is 13.1 Å². The first-order chi connectivity index (χ1) is 12.2. The molecule has 5 heteroatoms. The third-order valence-corrected chi connectivity index (χ3v) is 6.76. The quantitative estimate of drug-likeness (QED) is 0.663. The first-order valence-electron chi connectivity index (χ1n) is 9.23. The predicted octanol–water partition coefficient (Wildman–Crippen LogP) is 4.80. The van der Waals surface area contributed by atoms with Gasteiger partial charge >= 0.3 is 0 Å². The molecule has 0 spiro atoms. The highest BCUT2D eigenvalue weighted by Gasteiger charge is 2.30. The predicted molar refractivity (Wildman–Crippen MR) is 111 cm³/mol. The third kappa shape index (κ3) is 3.06. The van der Waals surface area contributed by atoms with E-state index < -0.39 is 0 Å². The molecule has 4 rings (SSSR count). The van der Waals surface area contributed by atoms with E-state index in [4.69, 9.17) is 0 Å². The molecule has 2 aromatic rings. The number of imidazole rings is 1. The number of thioether (sulfide) groups is 1. The van der Waals surface area contributed by atoms with E-state index in [9.17, 15) is 0 Å². The van der Waals surface area contributed by atoms with Gasteiger partial charge in [0.15, 0.2) is 11.0 Å². The molecule has 0 unspecified atom stereocenters. The van der Waals surface area contributed by atoms with Crippen LogP contribution in [0.4, 0.5) is 0 Å². The highest BCUT2D eigenvalue weighted by molar-refractivity contribution is 9.10. The molecule has 0 radical (unpaired) electrons. The van der Waals surface area contributed by atoms with E-state index >= 15 is 0 Å². The first-order valence-corrected chi connectivity index (χ1v) is 11.0. The van der Waals surface area contributed by atoms with Gasteiger partial charge in [-0.2, -0.15) is 0 Å². The molecule has 1 fully saturated rings. The molecule has 0 amide bonds. The maximum absolute atomic E-state index is 3.64. The Bertz CT molecular complexity index is 865. The summed E-state index contributed by atoms with van der Waals surface area (Å²) < 4.78 is 6.14. The normalized spacial score (nSPS) is 20.8. The minimum Gasteiger partial charge on any atom is -0.366 e. The van der Waals surface area contributed by atoms with Crippen molar-refractivity contribution in [1.29, 1.82) is 0 Å². The third-order valence-electron chi connectivity index (χ3n) is 5.19. The molecular weight excluding hydrogens is 394 g/mol. The highest BCUT2D eigenvalue weighted by atomic mass is 79.9. The molecule has 1 aromatic heterocycles. The zero-order valence-electron chi connectivity index (χ0n) is 15.0. The lowest BCUT2D eigenvalue weighted by atomic mass is 10.1. The van der Waals surface area contributed by atoms with Crippen molar-refractivity contribution in [2.24, 2.45) is 0 Å². The van der Waals surface area contributed by atoms with Crippen molar-refractivity contribution in [3.8, 4) is 0 Å². The molecule has 0 atom stereocenters. The molecule has 1 saturated heterocycles. The van der Waals surface area contributed by atoms with E-state index in [0.717, 1.165) is 30.5 Å². The number of allylic oxidation sites excluding steroid dienone is 3. The van der Waals surface area contributed by atoms with Crippen LogP contribution in [0.3, 0.4) is 0 Å². The number of hydrogen-bond donors (Lipinski definition) is 0. The average molecular weight is 419 g/mol. The van der Waals surface area contributed by atoms with Gasteiger partial charge in [-0.3, -0.25) is 0 Å². The van der Waals surface area contributed by atoms with Crippen molar-refractivity contribution in [2.75, 3.05) is 18.8 Å². The van der Waals surface area contributed by atoms with Gasteiger partial charge in [0.05, 0.1) is 18.1 Å². The first kappa shape index (κ1) is 17.2. The Morgan fingerprint density at radius 1 is 1.24 bits per heavy atom. The second-order valence-corrected chi connectivity index (χ2v) is 8.61. The summed E-state index contributed by atoms with van der Waals surface area (Å²) in [6.07, 6.45) is 7.11. The molecule has 0 aliphatic carbocycles. The lowest BCUT2D eigenvalue weighted by Crippen LogP contribution is -2.37. The summed E-state index contributed by atoms with van der Waals surface area (Å²) in [7, 11) is 0. The Morgan fingerprint density at radius 3 is 2.92 bits per heavy atom. The van der Waals surface area contributed by atoms with Gasteiger partial charge in [0.2, 0.25) is 0 Å². The van der Waals surface area contributed by atoms with E-state index in [1.54, 1.807) is 0 Å². The Balaban J connectivity index is 1.83. The van der Waals surface area contributed by atoms with Gasteiger partial charge in [0.25, 0.3) is 5.82 Å². The average Bonchev–Trinajstić information content (AvgIpc) is 3.21. The lowest BCUT2D eigenvalue weighted by molar-refractivity contribution is -0.671. The van der Waals surface area contributed by atoms with E-state index in [-0.39, 0.29) is 0 Å². The maximum atomic E-state index is 3.64. The summed E-state index contributed by atoms with van der Waals surface area (Å²) in [5, 5.41) is 1.43. The number of hydrogen-bond acceptors (Lipinski definition) is 2. The standard InChI is InChI=1S/C20H25BrN3S/c1-3-22-12-13-25-19(22)10-7-15-6-5-11-24-17-9-8-16(21)14-18(17)23(4-2)20(15)24/h7-10,14H,3-6,11-13H2,1-2H3/q+1. The van der Waals surface area contributed by atoms with Crippen LogP contribution in [0.1, 0.15) is 32.5 Å². The minimum absolute atomic E-state index is 0.999. The van der Waals surface area contributed by atoms with Gasteiger partial charge in [-0.25, -0.2) is 9.13 Å². The molecule has 3 nitrogen and oxygen atoms in total. The molecule has 2 aliphatic rings. The topological polar surface area (TPSA) is 12.1 Å². The van der Waals surface area contributed by atoms with Gasteiger partial charge in [-0.1, -0.05) is 15.9 Å². The van der Waals surface area contributed by atoms with Crippen molar-refractivity contribution in [2.45, 2.75) is 39.8 Å². The van der Waals surface area contributed by atoms with Crippen LogP contribution in [0.2, 0.25) is 0 Å². The van der Waals surface area contributed by atoms with Crippen molar-refractivity contribution in [3.05, 3.63) is 45.7 Å². The number of benzene rings is 1. The summed E-state index contributed by atoms with van der Waals surface area (Å²) in [5.74, 6) is 2.61. The fourth-order valence-electron chi connectivity index (χ4n) is 4.01. The summed E-state index contributed by atoms with van der Waals surface area (Å²) in [6.45, 7) is 8.89. The molecule has 3 heterocycles. The Morgan fingerprint density at radius 2 is 2.12 bits per heavy atom. The number of nitrogens with zero attached hydrogens (tertiary/aromatic N) is 3. The highest BCUT2D eigenvalue weighted by Crippen LogP contribution is 2.32. The van der Waals surface area contributed by atoms with Crippen LogP contribution >= 0.6 is 27.7 Å². The van der Waals surface area contributed by atoms with Crippen molar-refractivity contribution < 1.29 is 4.57 Å². The Kier molecular flexibility index (Phi) is 4.96. The Hall–Kier alpha value is -1.20. The second-order valence-electron chi connectivity index (χ2n) is 6.58. The number of halogens is 1. The SMILES string of the molecule is CCN1CCSC1=CC=C1CCCn2c1[n+](CC)c1cc(Br)ccc12. The molecule has 0 saturated carbocycles. The number of fused-ring (bicyclic) bond motifs is 3. The van der Waals surface area contributed by atoms with Gasteiger partial charge in [0, 0.05) is 35.0 Å². The summed E-state index contributed by atoms with van der Waals surface area (Å²) in [5.41, 5.74) is 4.15. The van der Waals surface area contributed by atoms with Crippen molar-refractivity contribution in [3.63, 3.8) is 0 Å². The van der Waals surface area contributed by atoms with Crippen LogP contribution in [0.25, 0.3) is 16.6 Å². The minimum atomic E-state index is 0.999. The summed E-state index contributed by atoms with van der Waals surface area (Å²) >= 11 is 5.62. The van der Waals surface area contributed by atoms with Crippen LogP contribution < -0.4 is 4.57 Å². The van der Waals surface area contributed by atoms with Crippen LogP contribution in [0, 0.1) is 0 Å². The molecular formula is C20H25BrN3S+. The summed E-state index contributed by atoms with van der Waals surface area (Å²) in [6, 6.07) is 6.66. The molecule has 1 aromatic carbocycles. The molecule has 25 heavy (non-hydrogen) atoms. The Labute approximate surface area is 162 Å². The van der Waals surface area contributed by atoms with E-state index in [1.807, 2.05) is 11.8 Å². The van der Waals surface area contributed by atoms with E-state index in [0.29, 0.717) is 0 Å². The number of aryl methyl sites for hydroxylation is 2. The molecule has 2 aliphatic heterocycles. The molecule has 0 N–H and O–H groups in total. The fourth-order valence-corrected chi connectivity index (χ4v) is 5.44. The molecule has 132 valence electrons. The smallest absolute Gasteiger partial charge is 0.285 e. The largest absolute Gasteiger partial charge is 0.366 e. The van der Waals surface area contributed by atoms with Gasteiger partial charge in [-0.15, -0.1) is 11.8 Å². The zero-order valence-corrected chi connectivity index (χ0v) is 17.4. The van der Waals surface area contributed by atoms with E-state index in [1.165, 1.54) is 46.2 Å². The summed E-state index contributed by atoms with van der Waals surface area (Å²) in [4.78, 5) is 2.48. The van der Waals surface area contributed by atoms with E-state index in [2.05, 4.69) is 74.2 Å². The lowest BCUT2D eigenvalue weighted by Gasteiger charge is -2.16. The van der Waals surface area contributed by atoms with Crippen LogP contribution in [-0.4, -0.2) is 28.3 Å². The van der Waals surface area contributed by atoms with Gasteiger partial charge in [-0.05, 0) is 51.0 Å². The number of rotatable bonds is 3. The fraction of sp³-hybridized carbons (Fsp3) is 0.450.